The molecule has 104 valence electrons. The molecular formula is C13H14N4O3. The summed E-state index contributed by atoms with van der Waals surface area (Å²) in [4.78, 5) is 26.4. The highest BCUT2D eigenvalue weighted by atomic mass is 16.4. The van der Waals surface area contributed by atoms with E-state index in [0.717, 1.165) is 5.56 Å². The molecule has 0 aliphatic rings. The van der Waals surface area contributed by atoms with Crippen molar-refractivity contribution in [3.05, 3.63) is 48.0 Å². The number of amides is 1. The third kappa shape index (κ3) is 3.64. The zero-order valence-electron chi connectivity index (χ0n) is 10.6. The van der Waals surface area contributed by atoms with Crippen LogP contribution in [-0.4, -0.2) is 32.2 Å². The largest absolute Gasteiger partial charge is 0.481 e. The molecule has 7 nitrogen and oxygen atoms in total. The molecule has 0 radical (unpaired) electrons. The van der Waals surface area contributed by atoms with Gasteiger partial charge in [0, 0.05) is 6.42 Å². The summed E-state index contributed by atoms with van der Waals surface area (Å²) in [5.74, 6) is -1.22. The first-order valence-corrected chi connectivity index (χ1v) is 6.10. The van der Waals surface area contributed by atoms with E-state index in [-0.39, 0.29) is 18.3 Å². The maximum absolute atomic E-state index is 11.9. The molecule has 1 atom stereocenters. The minimum Gasteiger partial charge on any atom is -0.481 e. The molecule has 2 rings (SSSR count). The number of carbonyl (C=O) groups is 2. The van der Waals surface area contributed by atoms with Crippen LogP contribution < -0.4 is 5.32 Å². The summed E-state index contributed by atoms with van der Waals surface area (Å²) in [6.45, 7) is 0. The van der Waals surface area contributed by atoms with Crippen molar-refractivity contribution in [3.8, 4) is 0 Å². The van der Waals surface area contributed by atoms with Crippen LogP contribution in [0.1, 0.15) is 35.1 Å². The van der Waals surface area contributed by atoms with Gasteiger partial charge in [-0.1, -0.05) is 30.3 Å². The number of nitrogens with zero attached hydrogens (tertiary/aromatic N) is 2. The predicted molar refractivity (Wildman–Crippen MR) is 69.9 cm³/mol. The van der Waals surface area contributed by atoms with Gasteiger partial charge in [0.05, 0.1) is 6.04 Å². The Hall–Kier alpha value is -2.70. The summed E-state index contributed by atoms with van der Waals surface area (Å²) in [6.07, 6.45) is 1.51. The minimum atomic E-state index is -0.903. The molecule has 0 aliphatic heterocycles. The number of hydrogen-bond acceptors (Lipinski definition) is 4. The second-order valence-corrected chi connectivity index (χ2v) is 4.20. The van der Waals surface area contributed by atoms with Crippen LogP contribution in [-0.2, 0) is 4.79 Å². The molecule has 1 amide bonds. The number of aromatic amines is 1. The van der Waals surface area contributed by atoms with E-state index in [1.54, 1.807) is 0 Å². The fourth-order valence-corrected chi connectivity index (χ4v) is 1.82. The van der Waals surface area contributed by atoms with E-state index in [2.05, 4.69) is 20.5 Å². The lowest BCUT2D eigenvalue weighted by Gasteiger charge is -2.17. The summed E-state index contributed by atoms with van der Waals surface area (Å²) in [5.41, 5.74) is 0.849. The summed E-state index contributed by atoms with van der Waals surface area (Å²) in [5, 5.41) is 17.6. The number of hydrogen-bond donors (Lipinski definition) is 3. The molecule has 0 fully saturated rings. The molecule has 0 bridgehead atoms. The van der Waals surface area contributed by atoms with Crippen LogP contribution in [0.15, 0.2) is 36.7 Å². The van der Waals surface area contributed by atoms with Gasteiger partial charge >= 0.3 is 5.97 Å². The van der Waals surface area contributed by atoms with Gasteiger partial charge < -0.3 is 10.4 Å². The van der Waals surface area contributed by atoms with Gasteiger partial charge in [0.1, 0.15) is 6.33 Å². The molecule has 1 aromatic heterocycles. The Morgan fingerprint density at radius 1 is 1.30 bits per heavy atom. The van der Waals surface area contributed by atoms with Crippen molar-refractivity contribution in [2.45, 2.75) is 18.9 Å². The van der Waals surface area contributed by atoms with Gasteiger partial charge in [0.25, 0.3) is 5.91 Å². The SMILES string of the molecule is O=C(O)CCC(NC(=O)c1ncn[nH]1)c1ccccc1. The average Bonchev–Trinajstić information content (AvgIpc) is 2.98. The quantitative estimate of drug-likeness (QED) is 0.732. The number of rotatable bonds is 6. The number of carboxylic acids is 1. The number of nitrogens with one attached hydrogen (secondary N) is 2. The highest BCUT2D eigenvalue weighted by molar-refractivity contribution is 5.90. The molecule has 0 aliphatic carbocycles. The maximum atomic E-state index is 11.9. The van der Waals surface area contributed by atoms with Crippen LogP contribution >= 0.6 is 0 Å². The Kier molecular flexibility index (Phi) is 4.43. The fraction of sp³-hybridized carbons (Fsp3) is 0.231. The van der Waals surface area contributed by atoms with E-state index in [1.165, 1.54) is 6.33 Å². The van der Waals surface area contributed by atoms with E-state index < -0.39 is 11.9 Å². The topological polar surface area (TPSA) is 108 Å². The highest BCUT2D eigenvalue weighted by Gasteiger charge is 2.18. The Morgan fingerprint density at radius 2 is 2.05 bits per heavy atom. The molecule has 1 heterocycles. The molecule has 3 N–H and O–H groups in total. The zero-order chi connectivity index (χ0) is 14.4. The number of carboxylic acid groups (broad SMARTS) is 1. The Balaban J connectivity index is 2.10. The molecule has 1 aromatic carbocycles. The van der Waals surface area contributed by atoms with E-state index in [1.807, 2.05) is 30.3 Å². The Morgan fingerprint density at radius 3 is 2.65 bits per heavy atom. The first kappa shape index (κ1) is 13.7. The van der Waals surface area contributed by atoms with E-state index in [0.29, 0.717) is 6.42 Å². The van der Waals surface area contributed by atoms with Gasteiger partial charge in [-0.2, -0.15) is 5.10 Å². The molecule has 7 heteroatoms. The predicted octanol–water partition coefficient (Wildman–Crippen LogP) is 1.14. The zero-order valence-corrected chi connectivity index (χ0v) is 10.6. The lowest BCUT2D eigenvalue weighted by Crippen LogP contribution is -2.29. The molecule has 2 aromatic rings. The van der Waals surface area contributed by atoms with Crippen LogP contribution in [0.4, 0.5) is 0 Å². The molecular weight excluding hydrogens is 260 g/mol. The molecule has 1 unspecified atom stereocenters. The van der Waals surface area contributed by atoms with Crippen molar-refractivity contribution in [1.82, 2.24) is 20.5 Å². The molecule has 0 saturated heterocycles. The van der Waals surface area contributed by atoms with Crippen molar-refractivity contribution in [2.24, 2.45) is 0 Å². The van der Waals surface area contributed by atoms with Crippen LogP contribution in [0.2, 0.25) is 0 Å². The average molecular weight is 274 g/mol. The smallest absolute Gasteiger partial charge is 0.303 e. The Labute approximate surface area is 115 Å². The second kappa shape index (κ2) is 6.46. The van der Waals surface area contributed by atoms with Crippen molar-refractivity contribution in [3.63, 3.8) is 0 Å². The monoisotopic (exact) mass is 274 g/mol. The van der Waals surface area contributed by atoms with Crippen LogP contribution in [0.5, 0.6) is 0 Å². The van der Waals surface area contributed by atoms with Gasteiger partial charge in [0.15, 0.2) is 0 Å². The number of carbonyl (C=O) groups excluding carboxylic acids is 1. The minimum absolute atomic E-state index is 0.0315. The normalized spacial score (nSPS) is 11.8. The van der Waals surface area contributed by atoms with E-state index >= 15 is 0 Å². The third-order valence-electron chi connectivity index (χ3n) is 2.78. The van der Waals surface area contributed by atoms with Crippen molar-refractivity contribution >= 4 is 11.9 Å². The highest BCUT2D eigenvalue weighted by Crippen LogP contribution is 2.18. The summed E-state index contributed by atoms with van der Waals surface area (Å²) >= 11 is 0. The summed E-state index contributed by atoms with van der Waals surface area (Å²) < 4.78 is 0. The van der Waals surface area contributed by atoms with Gasteiger partial charge in [-0.15, -0.1) is 0 Å². The van der Waals surface area contributed by atoms with Crippen molar-refractivity contribution in [1.29, 1.82) is 0 Å². The van der Waals surface area contributed by atoms with Gasteiger partial charge in [-0.25, -0.2) is 4.98 Å². The maximum Gasteiger partial charge on any atom is 0.303 e. The van der Waals surface area contributed by atoms with Gasteiger partial charge in [-0.05, 0) is 12.0 Å². The second-order valence-electron chi connectivity index (χ2n) is 4.20. The molecule has 0 spiro atoms. The van der Waals surface area contributed by atoms with Crippen LogP contribution in [0.3, 0.4) is 0 Å². The lowest BCUT2D eigenvalue weighted by molar-refractivity contribution is -0.137. The van der Waals surface area contributed by atoms with Gasteiger partial charge in [0.2, 0.25) is 5.82 Å². The first-order valence-electron chi connectivity index (χ1n) is 6.10. The summed E-state index contributed by atoms with van der Waals surface area (Å²) in [6, 6.07) is 8.83. The number of aliphatic carboxylic acids is 1. The standard InChI is InChI=1S/C13H14N4O3/c18-11(19)7-6-10(9-4-2-1-3-5-9)16-13(20)12-14-8-15-17-12/h1-5,8,10H,6-7H2,(H,16,20)(H,18,19)(H,14,15,17). The number of aromatic nitrogens is 3. The fourth-order valence-electron chi connectivity index (χ4n) is 1.82. The van der Waals surface area contributed by atoms with Crippen LogP contribution in [0.25, 0.3) is 0 Å². The number of benzene rings is 1. The molecule has 0 saturated carbocycles. The Bertz CT molecular complexity index is 569. The number of H-pyrrole nitrogens is 1. The van der Waals surface area contributed by atoms with Crippen molar-refractivity contribution in [2.75, 3.05) is 0 Å². The first-order chi connectivity index (χ1) is 9.66. The molecule has 20 heavy (non-hydrogen) atoms. The van der Waals surface area contributed by atoms with Crippen LogP contribution in [0, 0.1) is 0 Å². The van der Waals surface area contributed by atoms with E-state index in [9.17, 15) is 9.59 Å². The lowest BCUT2D eigenvalue weighted by atomic mass is 10.0. The van der Waals surface area contributed by atoms with Crippen molar-refractivity contribution < 1.29 is 14.7 Å². The van der Waals surface area contributed by atoms with Gasteiger partial charge in [-0.3, -0.25) is 14.7 Å². The summed E-state index contributed by atoms with van der Waals surface area (Å²) in [7, 11) is 0. The van der Waals surface area contributed by atoms with E-state index in [4.69, 9.17) is 5.11 Å². The third-order valence-corrected chi connectivity index (χ3v) is 2.78.